The van der Waals surface area contributed by atoms with Crippen molar-refractivity contribution in [2.45, 2.75) is 72.1 Å². The van der Waals surface area contributed by atoms with E-state index in [9.17, 15) is 9.59 Å². The van der Waals surface area contributed by atoms with Crippen molar-refractivity contribution in [1.82, 2.24) is 0 Å². The summed E-state index contributed by atoms with van der Waals surface area (Å²) in [5.41, 5.74) is 1.95. The van der Waals surface area contributed by atoms with E-state index in [1.807, 2.05) is 6.08 Å². The van der Waals surface area contributed by atoms with Gasteiger partial charge in [-0.05, 0) is 86.5 Å². The first-order valence-corrected chi connectivity index (χ1v) is 9.60. The van der Waals surface area contributed by atoms with Crippen LogP contribution in [0.4, 0.5) is 0 Å². The predicted molar refractivity (Wildman–Crippen MR) is 90.9 cm³/mol. The van der Waals surface area contributed by atoms with Gasteiger partial charge in [0.1, 0.15) is 5.78 Å². The quantitative estimate of drug-likeness (QED) is 0.701. The molecule has 6 atom stereocenters. The third kappa shape index (κ3) is 2.06. The van der Waals surface area contributed by atoms with E-state index in [2.05, 4.69) is 13.8 Å². The Labute approximate surface area is 140 Å². The van der Waals surface area contributed by atoms with Crippen molar-refractivity contribution < 1.29 is 9.59 Å². The molecule has 23 heavy (non-hydrogen) atoms. The van der Waals surface area contributed by atoms with Crippen LogP contribution in [-0.2, 0) is 9.59 Å². The molecule has 0 N–H and O–H groups in total. The summed E-state index contributed by atoms with van der Waals surface area (Å²) in [4.78, 5) is 24.0. The number of ketones is 2. The van der Waals surface area contributed by atoms with E-state index in [-0.39, 0.29) is 10.8 Å². The smallest absolute Gasteiger partial charge is 0.155 e. The van der Waals surface area contributed by atoms with E-state index >= 15 is 0 Å². The van der Waals surface area contributed by atoms with Crippen molar-refractivity contribution >= 4 is 11.6 Å². The van der Waals surface area contributed by atoms with Gasteiger partial charge in [-0.3, -0.25) is 9.59 Å². The molecule has 0 radical (unpaired) electrons. The summed E-state index contributed by atoms with van der Waals surface area (Å²) in [7, 11) is 0. The lowest BCUT2D eigenvalue weighted by molar-refractivity contribution is -0.128. The predicted octanol–water partition coefficient (Wildman–Crippen LogP) is 4.72. The van der Waals surface area contributed by atoms with Gasteiger partial charge in [-0.25, -0.2) is 0 Å². The van der Waals surface area contributed by atoms with E-state index in [4.69, 9.17) is 0 Å². The average Bonchev–Trinajstić information content (AvgIpc) is 2.85. The Hall–Kier alpha value is -0.920. The zero-order valence-electron chi connectivity index (χ0n) is 14.9. The summed E-state index contributed by atoms with van der Waals surface area (Å²) < 4.78 is 0. The lowest BCUT2D eigenvalue weighted by Crippen LogP contribution is -2.51. The Kier molecular flexibility index (Phi) is 3.42. The summed E-state index contributed by atoms with van der Waals surface area (Å²) in [5.74, 6) is 3.29. The Morgan fingerprint density at radius 3 is 2.57 bits per heavy atom. The Morgan fingerprint density at radius 2 is 1.83 bits per heavy atom. The van der Waals surface area contributed by atoms with E-state index in [0.29, 0.717) is 17.5 Å². The second kappa shape index (κ2) is 5.04. The number of hydrogen-bond acceptors (Lipinski definition) is 2. The van der Waals surface area contributed by atoms with Crippen LogP contribution in [0.3, 0.4) is 0 Å². The zero-order valence-corrected chi connectivity index (χ0v) is 14.9. The topological polar surface area (TPSA) is 34.1 Å². The van der Waals surface area contributed by atoms with Gasteiger partial charge >= 0.3 is 0 Å². The zero-order chi connectivity index (χ0) is 16.4. The minimum atomic E-state index is 0.245. The molecule has 126 valence electrons. The molecule has 0 aromatic heterocycles. The van der Waals surface area contributed by atoms with Gasteiger partial charge in [0.2, 0.25) is 0 Å². The molecule has 0 heterocycles. The van der Waals surface area contributed by atoms with Crippen LogP contribution in [0, 0.1) is 34.5 Å². The first-order valence-electron chi connectivity index (χ1n) is 9.60. The largest absolute Gasteiger partial charge is 0.300 e. The van der Waals surface area contributed by atoms with Crippen LogP contribution in [-0.4, -0.2) is 11.6 Å². The molecule has 0 saturated heterocycles. The molecule has 2 nitrogen and oxygen atoms in total. The van der Waals surface area contributed by atoms with Crippen LogP contribution >= 0.6 is 0 Å². The van der Waals surface area contributed by atoms with Gasteiger partial charge in [0.25, 0.3) is 0 Å². The first kappa shape index (κ1) is 15.6. The van der Waals surface area contributed by atoms with Gasteiger partial charge in [0.15, 0.2) is 5.78 Å². The highest BCUT2D eigenvalue weighted by Crippen LogP contribution is 2.66. The fraction of sp³-hybridized carbons (Fsp3) is 0.810. The number of allylic oxidation sites excluding steroid dienone is 1. The lowest BCUT2D eigenvalue weighted by atomic mass is 9.47. The van der Waals surface area contributed by atoms with Crippen LogP contribution in [0.25, 0.3) is 0 Å². The van der Waals surface area contributed by atoms with Crippen molar-refractivity contribution in [3.8, 4) is 0 Å². The highest BCUT2D eigenvalue weighted by Gasteiger charge is 2.59. The minimum Gasteiger partial charge on any atom is -0.300 e. The maximum atomic E-state index is 12.1. The number of Topliss-reactive ketones (excluding diaryl/α,β-unsaturated/α-hetero) is 1. The molecular formula is C21H30O2. The van der Waals surface area contributed by atoms with Gasteiger partial charge in [0.05, 0.1) is 0 Å². The number of rotatable bonds is 1. The average molecular weight is 314 g/mol. The minimum absolute atomic E-state index is 0.245. The Bertz CT molecular complexity index is 589. The van der Waals surface area contributed by atoms with Crippen LogP contribution < -0.4 is 0 Å². The summed E-state index contributed by atoms with van der Waals surface area (Å²) in [6.45, 7) is 6.65. The summed E-state index contributed by atoms with van der Waals surface area (Å²) >= 11 is 0. The van der Waals surface area contributed by atoms with Crippen molar-refractivity contribution in [3.63, 3.8) is 0 Å². The van der Waals surface area contributed by atoms with Crippen molar-refractivity contribution in [3.05, 3.63) is 11.6 Å². The highest BCUT2D eigenvalue weighted by molar-refractivity contribution is 5.91. The molecule has 0 amide bonds. The molecule has 0 aromatic rings. The number of carbonyl (C=O) groups excluding carboxylic acids is 2. The van der Waals surface area contributed by atoms with Crippen molar-refractivity contribution in [2.75, 3.05) is 0 Å². The molecule has 3 saturated carbocycles. The standard InChI is InChI=1S/C21H30O2/c1-13(22)17-6-7-18-16-5-4-14-12-15(23)8-10-20(14,2)19(16)9-11-21(17,18)3/h12,16-19H,4-11H2,1-3H3/t16-,17-,18-,19+,20+,21+/m0/s1. The fourth-order valence-electron chi connectivity index (χ4n) is 7.23. The summed E-state index contributed by atoms with van der Waals surface area (Å²) in [5, 5.41) is 0. The molecule has 0 unspecified atom stereocenters. The maximum absolute atomic E-state index is 12.1. The fourth-order valence-corrected chi connectivity index (χ4v) is 7.23. The van der Waals surface area contributed by atoms with Crippen LogP contribution in [0.15, 0.2) is 11.6 Å². The third-order valence-corrected chi connectivity index (χ3v) is 8.45. The molecule has 4 aliphatic carbocycles. The van der Waals surface area contributed by atoms with Crippen LogP contribution in [0.5, 0.6) is 0 Å². The van der Waals surface area contributed by atoms with Crippen molar-refractivity contribution in [1.29, 1.82) is 0 Å². The number of carbonyl (C=O) groups is 2. The second-order valence-electron chi connectivity index (χ2n) is 9.25. The van der Waals surface area contributed by atoms with E-state index in [1.165, 1.54) is 31.3 Å². The Balaban J connectivity index is 1.67. The molecule has 4 aliphatic rings. The van der Waals surface area contributed by atoms with Crippen molar-refractivity contribution in [2.24, 2.45) is 34.5 Å². The SMILES string of the molecule is CC(=O)[C@@H]1CC[C@H]2[C@@H]3CCC4=CC(=O)CC[C@@]4(C)[C@@H]3CC[C@]12C. The molecule has 0 aliphatic heterocycles. The monoisotopic (exact) mass is 314 g/mol. The maximum Gasteiger partial charge on any atom is 0.155 e. The molecule has 0 bridgehead atoms. The van der Waals surface area contributed by atoms with Gasteiger partial charge in [-0.2, -0.15) is 0 Å². The third-order valence-electron chi connectivity index (χ3n) is 8.45. The highest BCUT2D eigenvalue weighted by atomic mass is 16.1. The Morgan fingerprint density at radius 1 is 1.04 bits per heavy atom. The molecule has 0 spiro atoms. The summed E-state index contributed by atoms with van der Waals surface area (Å²) in [6, 6.07) is 0. The lowest BCUT2D eigenvalue weighted by Gasteiger charge is -2.58. The van der Waals surface area contributed by atoms with Gasteiger partial charge in [-0.1, -0.05) is 19.4 Å². The molecule has 3 fully saturated rings. The van der Waals surface area contributed by atoms with Crippen LogP contribution in [0.1, 0.15) is 72.1 Å². The normalized spacial score (nSPS) is 49.0. The summed E-state index contributed by atoms with van der Waals surface area (Å²) in [6.07, 6.45) is 10.9. The van der Waals surface area contributed by atoms with E-state index < -0.39 is 0 Å². The van der Waals surface area contributed by atoms with Gasteiger partial charge < -0.3 is 0 Å². The first-order chi connectivity index (χ1) is 10.9. The molecular weight excluding hydrogens is 284 g/mol. The molecule has 0 aromatic carbocycles. The second-order valence-corrected chi connectivity index (χ2v) is 9.25. The van der Waals surface area contributed by atoms with E-state index in [0.717, 1.165) is 43.4 Å². The number of hydrogen-bond donors (Lipinski definition) is 0. The van der Waals surface area contributed by atoms with E-state index in [1.54, 1.807) is 6.92 Å². The van der Waals surface area contributed by atoms with Gasteiger partial charge in [0, 0.05) is 12.3 Å². The van der Waals surface area contributed by atoms with Gasteiger partial charge in [-0.15, -0.1) is 0 Å². The molecule has 2 heteroatoms. The molecule has 4 rings (SSSR count). The number of fused-ring (bicyclic) bond motifs is 5. The van der Waals surface area contributed by atoms with Crippen LogP contribution in [0.2, 0.25) is 0 Å².